The standard InChI is InChI=1S/C18H19ClN2O3/c1-13(22)21(16-5-3-4-6-17(16)24-2)12-11-20-18(23)14-7-9-15(19)10-8-14/h3-10H,11-12H2,1-2H3,(H,20,23). The third kappa shape index (κ3) is 4.49. The van der Waals surface area contributed by atoms with Crippen molar-refractivity contribution in [2.24, 2.45) is 0 Å². The van der Waals surface area contributed by atoms with Crippen molar-refractivity contribution in [3.8, 4) is 5.75 Å². The minimum absolute atomic E-state index is 0.125. The van der Waals surface area contributed by atoms with Crippen molar-refractivity contribution in [1.82, 2.24) is 5.32 Å². The molecule has 0 aromatic heterocycles. The number of nitrogens with zero attached hydrogens (tertiary/aromatic N) is 1. The van der Waals surface area contributed by atoms with Crippen LogP contribution >= 0.6 is 11.6 Å². The van der Waals surface area contributed by atoms with Crippen molar-refractivity contribution in [2.45, 2.75) is 6.92 Å². The molecule has 24 heavy (non-hydrogen) atoms. The first-order chi connectivity index (χ1) is 11.5. The van der Waals surface area contributed by atoms with Crippen LogP contribution in [0.3, 0.4) is 0 Å². The number of anilines is 1. The van der Waals surface area contributed by atoms with Gasteiger partial charge >= 0.3 is 0 Å². The predicted octanol–water partition coefficient (Wildman–Crippen LogP) is 3.13. The summed E-state index contributed by atoms with van der Waals surface area (Å²) in [5.41, 5.74) is 1.19. The van der Waals surface area contributed by atoms with Crippen LogP contribution in [0.2, 0.25) is 5.02 Å². The molecule has 0 unspecified atom stereocenters. The molecule has 0 spiro atoms. The zero-order valence-electron chi connectivity index (χ0n) is 13.6. The monoisotopic (exact) mass is 346 g/mol. The molecule has 0 radical (unpaired) electrons. The number of carbonyl (C=O) groups excluding carboxylic acids is 2. The van der Waals surface area contributed by atoms with Gasteiger partial charge in [0.15, 0.2) is 0 Å². The third-order valence-electron chi connectivity index (χ3n) is 3.48. The lowest BCUT2D eigenvalue weighted by Crippen LogP contribution is -2.37. The quantitative estimate of drug-likeness (QED) is 0.874. The Morgan fingerprint density at radius 3 is 2.42 bits per heavy atom. The maximum atomic E-state index is 12.1. The van der Waals surface area contributed by atoms with E-state index >= 15 is 0 Å². The Balaban J connectivity index is 2.01. The van der Waals surface area contributed by atoms with Crippen LogP contribution in [0.25, 0.3) is 0 Å². The molecule has 0 heterocycles. The minimum atomic E-state index is -0.213. The Kier molecular flexibility index (Phi) is 6.21. The van der Waals surface area contributed by atoms with Crippen LogP contribution in [-0.4, -0.2) is 32.0 Å². The topological polar surface area (TPSA) is 58.6 Å². The Labute approximate surface area is 146 Å². The molecule has 0 aliphatic rings. The van der Waals surface area contributed by atoms with Crippen LogP contribution in [0.4, 0.5) is 5.69 Å². The van der Waals surface area contributed by atoms with Crippen molar-refractivity contribution in [3.05, 3.63) is 59.1 Å². The van der Waals surface area contributed by atoms with Crippen LogP contribution in [0.5, 0.6) is 5.75 Å². The molecule has 0 aliphatic carbocycles. The van der Waals surface area contributed by atoms with Crippen LogP contribution in [0, 0.1) is 0 Å². The smallest absolute Gasteiger partial charge is 0.251 e. The van der Waals surface area contributed by atoms with Gasteiger partial charge in [0.1, 0.15) is 5.75 Å². The molecule has 0 saturated heterocycles. The Morgan fingerprint density at radius 2 is 1.79 bits per heavy atom. The molecule has 0 bridgehead atoms. The van der Waals surface area contributed by atoms with E-state index in [0.29, 0.717) is 35.1 Å². The second kappa shape index (κ2) is 8.36. The molecule has 0 atom stereocenters. The van der Waals surface area contributed by atoms with Gasteiger partial charge in [-0.25, -0.2) is 0 Å². The van der Waals surface area contributed by atoms with Gasteiger partial charge in [0, 0.05) is 30.6 Å². The van der Waals surface area contributed by atoms with Crippen molar-refractivity contribution in [1.29, 1.82) is 0 Å². The van der Waals surface area contributed by atoms with Gasteiger partial charge in [-0.3, -0.25) is 9.59 Å². The fourth-order valence-electron chi connectivity index (χ4n) is 2.28. The number of benzene rings is 2. The molecule has 5 nitrogen and oxygen atoms in total. The number of ether oxygens (including phenoxy) is 1. The molecule has 0 saturated carbocycles. The molecule has 1 N–H and O–H groups in total. The first-order valence-electron chi connectivity index (χ1n) is 7.48. The maximum absolute atomic E-state index is 12.1. The average molecular weight is 347 g/mol. The lowest BCUT2D eigenvalue weighted by atomic mass is 10.2. The Bertz CT molecular complexity index is 716. The number of amides is 2. The van der Waals surface area contributed by atoms with Gasteiger partial charge in [-0.2, -0.15) is 0 Å². The predicted molar refractivity (Wildman–Crippen MR) is 94.8 cm³/mol. The van der Waals surface area contributed by atoms with Crippen molar-refractivity contribution < 1.29 is 14.3 Å². The first kappa shape index (κ1) is 17.8. The summed E-state index contributed by atoms with van der Waals surface area (Å²) in [5.74, 6) is 0.271. The van der Waals surface area contributed by atoms with Crippen LogP contribution in [0.15, 0.2) is 48.5 Å². The van der Waals surface area contributed by atoms with Crippen LogP contribution in [0.1, 0.15) is 17.3 Å². The van der Waals surface area contributed by atoms with E-state index in [0.717, 1.165) is 0 Å². The molecule has 2 aromatic carbocycles. The highest BCUT2D eigenvalue weighted by atomic mass is 35.5. The zero-order chi connectivity index (χ0) is 17.5. The van der Waals surface area contributed by atoms with Gasteiger partial charge in [0.2, 0.25) is 5.91 Å². The number of rotatable bonds is 6. The van der Waals surface area contributed by atoms with E-state index in [1.807, 2.05) is 12.1 Å². The SMILES string of the molecule is COc1ccccc1N(CCNC(=O)c1ccc(Cl)cc1)C(C)=O. The molecule has 0 fully saturated rings. The molecule has 6 heteroatoms. The maximum Gasteiger partial charge on any atom is 0.251 e. The van der Waals surface area contributed by atoms with E-state index in [1.54, 1.807) is 48.4 Å². The molecule has 126 valence electrons. The largest absolute Gasteiger partial charge is 0.495 e. The molecule has 2 rings (SSSR count). The lowest BCUT2D eigenvalue weighted by molar-refractivity contribution is -0.116. The van der Waals surface area contributed by atoms with E-state index in [4.69, 9.17) is 16.3 Å². The summed E-state index contributed by atoms with van der Waals surface area (Å²) in [4.78, 5) is 25.6. The van der Waals surface area contributed by atoms with Crippen LogP contribution in [-0.2, 0) is 4.79 Å². The van der Waals surface area contributed by atoms with Crippen molar-refractivity contribution >= 4 is 29.1 Å². The van der Waals surface area contributed by atoms with Crippen molar-refractivity contribution in [2.75, 3.05) is 25.1 Å². The summed E-state index contributed by atoms with van der Waals surface area (Å²) in [5, 5.41) is 3.37. The molecule has 2 amide bonds. The van der Waals surface area contributed by atoms with Gasteiger partial charge < -0.3 is 15.0 Å². The van der Waals surface area contributed by atoms with E-state index in [-0.39, 0.29) is 11.8 Å². The zero-order valence-corrected chi connectivity index (χ0v) is 14.3. The van der Waals surface area contributed by atoms with Gasteiger partial charge in [0.05, 0.1) is 12.8 Å². The normalized spacial score (nSPS) is 10.1. The molecular weight excluding hydrogens is 328 g/mol. The van der Waals surface area contributed by atoms with Gasteiger partial charge in [-0.1, -0.05) is 23.7 Å². The van der Waals surface area contributed by atoms with Gasteiger partial charge in [0.25, 0.3) is 5.91 Å². The minimum Gasteiger partial charge on any atom is -0.495 e. The second-order valence-electron chi connectivity index (χ2n) is 5.11. The highest BCUT2D eigenvalue weighted by Gasteiger charge is 2.16. The second-order valence-corrected chi connectivity index (χ2v) is 5.54. The number of hydrogen-bond acceptors (Lipinski definition) is 3. The summed E-state index contributed by atoms with van der Waals surface area (Å²) in [7, 11) is 1.56. The number of hydrogen-bond donors (Lipinski definition) is 1. The summed E-state index contributed by atoms with van der Waals surface area (Å²) >= 11 is 5.81. The number of carbonyl (C=O) groups is 2. The summed E-state index contributed by atoms with van der Waals surface area (Å²) < 4.78 is 5.29. The Morgan fingerprint density at radius 1 is 1.12 bits per heavy atom. The van der Waals surface area contributed by atoms with E-state index < -0.39 is 0 Å². The summed E-state index contributed by atoms with van der Waals surface area (Å²) in [6.45, 7) is 2.14. The first-order valence-corrected chi connectivity index (χ1v) is 7.85. The summed E-state index contributed by atoms with van der Waals surface area (Å²) in [6, 6.07) is 13.9. The van der Waals surface area contributed by atoms with E-state index in [2.05, 4.69) is 5.32 Å². The highest BCUT2D eigenvalue weighted by Crippen LogP contribution is 2.27. The molecule has 0 aliphatic heterocycles. The van der Waals surface area contributed by atoms with E-state index in [9.17, 15) is 9.59 Å². The number of nitrogens with one attached hydrogen (secondary N) is 1. The number of halogens is 1. The lowest BCUT2D eigenvalue weighted by Gasteiger charge is -2.23. The number of para-hydroxylation sites is 2. The summed E-state index contributed by atoms with van der Waals surface area (Å²) in [6.07, 6.45) is 0. The third-order valence-corrected chi connectivity index (χ3v) is 3.74. The Hall–Kier alpha value is -2.53. The highest BCUT2D eigenvalue weighted by molar-refractivity contribution is 6.30. The van der Waals surface area contributed by atoms with Crippen molar-refractivity contribution in [3.63, 3.8) is 0 Å². The molecule has 2 aromatic rings. The van der Waals surface area contributed by atoms with Gasteiger partial charge in [-0.05, 0) is 36.4 Å². The van der Waals surface area contributed by atoms with E-state index in [1.165, 1.54) is 6.92 Å². The average Bonchev–Trinajstić information content (AvgIpc) is 2.59. The van der Waals surface area contributed by atoms with Crippen LogP contribution < -0.4 is 15.0 Å². The fourth-order valence-corrected chi connectivity index (χ4v) is 2.41. The van der Waals surface area contributed by atoms with Gasteiger partial charge in [-0.15, -0.1) is 0 Å². The fraction of sp³-hybridized carbons (Fsp3) is 0.222. The number of methoxy groups -OCH3 is 1. The molecular formula is C18H19ClN2O3.